The molecule has 0 unspecified atom stereocenters. The van der Waals surface area contributed by atoms with E-state index in [0.29, 0.717) is 24.7 Å². The molecule has 176 valence electrons. The third kappa shape index (κ3) is 4.91. The molecule has 2 fully saturated rings. The number of hydrogen-bond donors (Lipinski definition) is 0. The van der Waals surface area contributed by atoms with Gasteiger partial charge in [-0.3, -0.25) is 9.88 Å². The first-order valence-corrected chi connectivity index (χ1v) is 12.1. The van der Waals surface area contributed by atoms with Crippen molar-refractivity contribution in [1.82, 2.24) is 14.8 Å². The fraction of sp³-hybridized carbons (Fsp3) is 0.577. The van der Waals surface area contributed by atoms with Gasteiger partial charge < -0.3 is 14.5 Å². The van der Waals surface area contributed by atoms with Crippen LogP contribution in [-0.2, 0) is 4.74 Å². The van der Waals surface area contributed by atoms with Crippen LogP contribution >= 0.6 is 0 Å². The van der Waals surface area contributed by atoms with Crippen LogP contribution in [0.1, 0.15) is 52.5 Å². The summed E-state index contributed by atoms with van der Waals surface area (Å²) in [5.74, 6) is 0. The van der Waals surface area contributed by atoms with Crippen molar-refractivity contribution in [3.63, 3.8) is 0 Å². The van der Waals surface area contributed by atoms with E-state index in [9.17, 15) is 10.1 Å². The average Bonchev–Trinajstić information content (AvgIpc) is 2.81. The van der Waals surface area contributed by atoms with E-state index in [-0.39, 0.29) is 12.1 Å². The molecule has 0 bridgehead atoms. The van der Waals surface area contributed by atoms with Gasteiger partial charge in [0.2, 0.25) is 0 Å². The van der Waals surface area contributed by atoms with Crippen molar-refractivity contribution >= 4 is 22.7 Å². The van der Waals surface area contributed by atoms with Gasteiger partial charge >= 0.3 is 6.09 Å². The van der Waals surface area contributed by atoms with E-state index < -0.39 is 5.60 Å². The number of piperazine rings is 2. The molecule has 4 rings (SSSR count). The lowest BCUT2D eigenvalue weighted by molar-refractivity contribution is -0.0170. The fourth-order valence-electron chi connectivity index (χ4n) is 5.21. The first-order chi connectivity index (χ1) is 15.8. The SMILES string of the molecule is CCCCC(C)(C)OC(=O)N1CCN2[C@H](C1)CN(c1ccc(C#N)c3ncccc13)C[C@@H]2C. The molecule has 0 radical (unpaired) electrons. The molecule has 3 heterocycles. The summed E-state index contributed by atoms with van der Waals surface area (Å²) in [5, 5.41) is 10.5. The molecule has 0 aliphatic carbocycles. The van der Waals surface area contributed by atoms with Crippen LogP contribution in [0.4, 0.5) is 10.5 Å². The highest BCUT2D eigenvalue weighted by molar-refractivity contribution is 5.95. The van der Waals surface area contributed by atoms with Crippen molar-refractivity contribution in [3.8, 4) is 6.07 Å². The molecule has 7 nitrogen and oxygen atoms in total. The number of nitrogens with zero attached hydrogens (tertiary/aromatic N) is 5. The zero-order valence-corrected chi connectivity index (χ0v) is 20.3. The summed E-state index contributed by atoms with van der Waals surface area (Å²) in [5.41, 5.74) is 2.00. The monoisotopic (exact) mass is 449 g/mol. The minimum Gasteiger partial charge on any atom is -0.443 e. The summed E-state index contributed by atoms with van der Waals surface area (Å²) in [4.78, 5) is 24.2. The summed E-state index contributed by atoms with van der Waals surface area (Å²) in [6.45, 7) is 12.4. The number of unbranched alkanes of at least 4 members (excludes halogenated alkanes) is 1. The van der Waals surface area contributed by atoms with E-state index in [0.717, 1.165) is 55.5 Å². The molecule has 1 aromatic heterocycles. The number of benzene rings is 1. The Kier molecular flexibility index (Phi) is 6.76. The van der Waals surface area contributed by atoms with Crippen LogP contribution in [0.25, 0.3) is 10.9 Å². The molecule has 2 aliphatic heterocycles. The van der Waals surface area contributed by atoms with Gasteiger partial charge in [0.1, 0.15) is 11.7 Å². The van der Waals surface area contributed by atoms with Gasteiger partial charge in [-0.15, -0.1) is 0 Å². The quantitative estimate of drug-likeness (QED) is 0.673. The molecule has 0 N–H and O–H groups in total. The first kappa shape index (κ1) is 23.3. The second-order valence-electron chi connectivity index (χ2n) is 9.97. The number of carbonyl (C=O) groups is 1. The molecule has 1 amide bonds. The van der Waals surface area contributed by atoms with Crippen molar-refractivity contribution in [3.05, 3.63) is 36.0 Å². The molecule has 33 heavy (non-hydrogen) atoms. The Bertz CT molecular complexity index is 1050. The number of pyridine rings is 1. The maximum atomic E-state index is 13.0. The van der Waals surface area contributed by atoms with E-state index in [1.807, 2.05) is 43.0 Å². The number of amides is 1. The third-order valence-corrected chi connectivity index (χ3v) is 6.97. The first-order valence-electron chi connectivity index (χ1n) is 12.1. The molecular weight excluding hydrogens is 414 g/mol. The van der Waals surface area contributed by atoms with Crippen molar-refractivity contribution in [1.29, 1.82) is 5.26 Å². The lowest BCUT2D eigenvalue weighted by Crippen LogP contribution is -2.66. The van der Waals surface area contributed by atoms with Gasteiger partial charge in [0.05, 0.1) is 11.1 Å². The van der Waals surface area contributed by atoms with E-state index in [4.69, 9.17) is 4.74 Å². The van der Waals surface area contributed by atoms with Gasteiger partial charge in [-0.25, -0.2) is 4.79 Å². The van der Waals surface area contributed by atoms with Gasteiger partial charge in [-0.05, 0) is 57.9 Å². The topological polar surface area (TPSA) is 72.7 Å². The predicted molar refractivity (Wildman–Crippen MR) is 130 cm³/mol. The Morgan fingerprint density at radius 2 is 2.06 bits per heavy atom. The minimum atomic E-state index is -0.440. The van der Waals surface area contributed by atoms with Crippen molar-refractivity contribution < 1.29 is 9.53 Å². The Labute approximate surface area is 196 Å². The van der Waals surface area contributed by atoms with Crippen LogP contribution in [0.3, 0.4) is 0 Å². The second kappa shape index (κ2) is 9.56. The highest BCUT2D eigenvalue weighted by Gasteiger charge is 2.39. The maximum absolute atomic E-state index is 13.0. The van der Waals surface area contributed by atoms with Crippen LogP contribution in [0.2, 0.25) is 0 Å². The van der Waals surface area contributed by atoms with Gasteiger partial charge in [-0.1, -0.05) is 13.3 Å². The summed E-state index contributed by atoms with van der Waals surface area (Å²) in [6, 6.07) is 10.7. The molecule has 0 saturated carbocycles. The largest absolute Gasteiger partial charge is 0.443 e. The molecule has 2 saturated heterocycles. The van der Waals surface area contributed by atoms with E-state index in [1.165, 1.54) is 0 Å². The number of aromatic nitrogens is 1. The molecule has 0 spiro atoms. The number of hydrogen-bond acceptors (Lipinski definition) is 6. The lowest BCUT2D eigenvalue weighted by Gasteiger charge is -2.51. The average molecular weight is 450 g/mol. The number of ether oxygens (including phenoxy) is 1. The fourth-order valence-corrected chi connectivity index (χ4v) is 5.21. The van der Waals surface area contributed by atoms with Crippen LogP contribution in [-0.4, -0.2) is 71.3 Å². The maximum Gasteiger partial charge on any atom is 0.410 e. The Morgan fingerprint density at radius 1 is 1.24 bits per heavy atom. The molecule has 2 atom stereocenters. The second-order valence-corrected chi connectivity index (χ2v) is 9.97. The Balaban J connectivity index is 1.51. The standard InChI is InChI=1S/C26H35N5O2/c1-5-6-11-26(3,4)33-25(32)29-13-14-31-19(2)16-30(18-21(31)17-29)23-10-9-20(15-27)24-22(23)8-7-12-28-24/h7-10,12,19,21H,5-6,11,13-14,16-18H2,1-4H3/t19-,21+/m0/s1. The molecule has 2 aliphatic rings. The number of anilines is 1. The van der Waals surface area contributed by atoms with Crippen LogP contribution < -0.4 is 4.90 Å². The molecular formula is C26H35N5O2. The van der Waals surface area contributed by atoms with Crippen LogP contribution in [0.15, 0.2) is 30.5 Å². The number of carbonyl (C=O) groups excluding carboxylic acids is 1. The molecule has 2 aromatic rings. The van der Waals surface area contributed by atoms with Gasteiger partial charge in [0.25, 0.3) is 0 Å². The smallest absolute Gasteiger partial charge is 0.410 e. The highest BCUT2D eigenvalue weighted by atomic mass is 16.6. The molecule has 7 heteroatoms. The Morgan fingerprint density at radius 3 is 2.82 bits per heavy atom. The van der Waals surface area contributed by atoms with Gasteiger partial charge in [0.15, 0.2) is 0 Å². The number of nitriles is 1. The lowest BCUT2D eigenvalue weighted by atomic mass is 10.0. The summed E-state index contributed by atoms with van der Waals surface area (Å²) < 4.78 is 5.90. The van der Waals surface area contributed by atoms with Gasteiger partial charge in [0, 0.05) is 62.1 Å². The van der Waals surface area contributed by atoms with Crippen molar-refractivity contribution in [2.24, 2.45) is 0 Å². The zero-order valence-electron chi connectivity index (χ0n) is 20.3. The van der Waals surface area contributed by atoms with E-state index >= 15 is 0 Å². The Hall–Kier alpha value is -2.85. The third-order valence-electron chi connectivity index (χ3n) is 6.97. The predicted octanol–water partition coefficient (Wildman–Crippen LogP) is 4.41. The minimum absolute atomic E-state index is 0.200. The van der Waals surface area contributed by atoms with E-state index in [2.05, 4.69) is 34.7 Å². The number of fused-ring (bicyclic) bond motifs is 2. The summed E-state index contributed by atoms with van der Waals surface area (Å²) in [7, 11) is 0. The van der Waals surface area contributed by atoms with Crippen molar-refractivity contribution in [2.75, 3.05) is 37.6 Å². The van der Waals surface area contributed by atoms with Gasteiger partial charge in [-0.2, -0.15) is 5.26 Å². The zero-order chi connectivity index (χ0) is 23.6. The van der Waals surface area contributed by atoms with Crippen molar-refractivity contribution in [2.45, 2.75) is 64.6 Å². The summed E-state index contributed by atoms with van der Waals surface area (Å²) >= 11 is 0. The molecule has 1 aromatic carbocycles. The van der Waals surface area contributed by atoms with Crippen LogP contribution in [0.5, 0.6) is 0 Å². The summed E-state index contributed by atoms with van der Waals surface area (Å²) in [6.07, 6.45) is 4.56. The van der Waals surface area contributed by atoms with E-state index in [1.54, 1.807) is 6.20 Å². The highest BCUT2D eigenvalue weighted by Crippen LogP contribution is 2.32. The normalized spacial score (nSPS) is 21.5. The number of rotatable bonds is 5. The van der Waals surface area contributed by atoms with Crippen LogP contribution in [0, 0.1) is 11.3 Å².